The number of amides is 1. The molecule has 2 fully saturated rings. The van der Waals surface area contributed by atoms with Gasteiger partial charge >= 0.3 is 0 Å². The number of likely N-dealkylation sites (tertiary alicyclic amines) is 1. The van der Waals surface area contributed by atoms with Crippen molar-refractivity contribution >= 4 is 5.91 Å². The fraction of sp³-hybridized carbons (Fsp3) is 0.368. The second kappa shape index (κ2) is 6.23. The molecule has 1 aromatic heterocycles. The van der Waals surface area contributed by atoms with Crippen LogP contribution in [0.2, 0.25) is 0 Å². The quantitative estimate of drug-likeness (QED) is 0.814. The third kappa shape index (κ3) is 2.86. The Morgan fingerprint density at radius 2 is 1.79 bits per heavy atom. The van der Waals surface area contributed by atoms with Crippen molar-refractivity contribution < 1.29 is 13.9 Å². The molecule has 0 radical (unpaired) electrons. The van der Waals surface area contributed by atoms with E-state index in [0.717, 1.165) is 31.5 Å². The lowest BCUT2D eigenvalue weighted by Crippen LogP contribution is -2.30. The van der Waals surface area contributed by atoms with Gasteiger partial charge in [0.15, 0.2) is 5.75 Å². The first-order valence-electron chi connectivity index (χ1n) is 8.32. The number of aromatic nitrogens is 1. The minimum atomic E-state index is -0.560. The van der Waals surface area contributed by atoms with E-state index in [0.29, 0.717) is 11.8 Å². The molecule has 1 saturated heterocycles. The number of carbonyl (C=O) groups excluding carboxylic acids is 1. The van der Waals surface area contributed by atoms with Gasteiger partial charge in [-0.05, 0) is 48.9 Å². The summed E-state index contributed by atoms with van der Waals surface area (Å²) in [6, 6.07) is 12.7. The molecule has 4 nitrogen and oxygen atoms in total. The number of ether oxygens (including phenoxy) is 1. The second-order valence-electron chi connectivity index (χ2n) is 6.60. The highest BCUT2D eigenvalue weighted by atomic mass is 19.1. The Bertz CT molecular complexity index is 723. The van der Waals surface area contributed by atoms with Crippen molar-refractivity contribution in [2.75, 3.05) is 13.1 Å². The van der Waals surface area contributed by atoms with Gasteiger partial charge in [-0.3, -0.25) is 4.79 Å². The molecule has 1 saturated carbocycles. The largest absolute Gasteiger partial charge is 0.486 e. The molecule has 0 N–H and O–H groups in total. The maximum Gasteiger partial charge on any atom is 0.255 e. The molecule has 1 unspecified atom stereocenters. The van der Waals surface area contributed by atoms with Gasteiger partial charge in [-0.2, -0.15) is 4.39 Å². The molecule has 2 aliphatic rings. The third-order valence-corrected chi connectivity index (χ3v) is 5.03. The first-order valence-corrected chi connectivity index (χ1v) is 8.32. The van der Waals surface area contributed by atoms with Crippen molar-refractivity contribution in [3.63, 3.8) is 0 Å². The molecule has 1 aromatic carbocycles. The lowest BCUT2D eigenvalue weighted by molar-refractivity contribution is 0.0769. The summed E-state index contributed by atoms with van der Waals surface area (Å²) in [6.07, 6.45) is 3.14. The van der Waals surface area contributed by atoms with E-state index >= 15 is 0 Å². The summed E-state index contributed by atoms with van der Waals surface area (Å²) in [5.74, 6) is 0.626. The van der Waals surface area contributed by atoms with Crippen LogP contribution in [0, 0.1) is 17.8 Å². The van der Waals surface area contributed by atoms with E-state index in [1.807, 2.05) is 35.2 Å². The number of carbonyl (C=O) groups is 1. The van der Waals surface area contributed by atoms with Crippen molar-refractivity contribution in [1.82, 2.24) is 9.88 Å². The van der Waals surface area contributed by atoms with Gasteiger partial charge in [0, 0.05) is 24.8 Å². The van der Waals surface area contributed by atoms with E-state index in [9.17, 15) is 9.18 Å². The predicted octanol–water partition coefficient (Wildman–Crippen LogP) is 3.15. The Balaban J connectivity index is 1.37. The highest BCUT2D eigenvalue weighted by molar-refractivity contribution is 5.94. The summed E-state index contributed by atoms with van der Waals surface area (Å²) in [4.78, 5) is 18.1. The van der Waals surface area contributed by atoms with E-state index in [4.69, 9.17) is 4.74 Å². The maximum absolute atomic E-state index is 13.6. The molecular formula is C19H19FN2O2. The summed E-state index contributed by atoms with van der Waals surface area (Å²) in [7, 11) is 0. The first-order chi connectivity index (χ1) is 11.7. The fourth-order valence-corrected chi connectivity index (χ4v) is 3.91. The van der Waals surface area contributed by atoms with Crippen molar-refractivity contribution in [2.45, 2.75) is 18.9 Å². The van der Waals surface area contributed by atoms with E-state index in [2.05, 4.69) is 4.98 Å². The number of pyridine rings is 1. The molecule has 1 aliphatic heterocycles. The molecule has 1 amide bonds. The van der Waals surface area contributed by atoms with Gasteiger partial charge in [0.25, 0.3) is 11.9 Å². The highest BCUT2D eigenvalue weighted by Crippen LogP contribution is 2.40. The molecule has 5 heteroatoms. The van der Waals surface area contributed by atoms with Gasteiger partial charge in [-0.15, -0.1) is 0 Å². The van der Waals surface area contributed by atoms with Gasteiger partial charge < -0.3 is 9.64 Å². The van der Waals surface area contributed by atoms with Crippen LogP contribution in [0.3, 0.4) is 0 Å². The standard InChI is InChI=1S/C19H19FN2O2/c20-18-17(7-4-8-21-18)24-16-9-14-11-22(12-15(14)10-16)19(23)13-5-2-1-3-6-13/h1-8,14-16H,9-12H2/t14-,15+,16?. The molecule has 124 valence electrons. The molecular weight excluding hydrogens is 307 g/mol. The number of hydrogen-bond acceptors (Lipinski definition) is 3. The van der Waals surface area contributed by atoms with Crippen molar-refractivity contribution in [3.8, 4) is 5.75 Å². The number of hydrogen-bond donors (Lipinski definition) is 0. The molecule has 3 atom stereocenters. The average Bonchev–Trinajstić information content (AvgIpc) is 3.15. The van der Waals surface area contributed by atoms with E-state index < -0.39 is 5.95 Å². The highest BCUT2D eigenvalue weighted by Gasteiger charge is 2.43. The van der Waals surface area contributed by atoms with Crippen molar-refractivity contribution in [1.29, 1.82) is 0 Å². The Morgan fingerprint density at radius 3 is 2.46 bits per heavy atom. The van der Waals surface area contributed by atoms with Gasteiger partial charge in [-0.1, -0.05) is 18.2 Å². The average molecular weight is 326 g/mol. The summed E-state index contributed by atoms with van der Waals surface area (Å²) >= 11 is 0. The number of benzene rings is 1. The summed E-state index contributed by atoms with van der Waals surface area (Å²) in [5.41, 5.74) is 0.739. The molecule has 2 heterocycles. The number of nitrogens with zero attached hydrogens (tertiary/aromatic N) is 2. The Hall–Kier alpha value is -2.43. The molecule has 2 aromatic rings. The molecule has 0 bridgehead atoms. The normalized spacial score (nSPS) is 25.5. The van der Waals surface area contributed by atoms with Gasteiger partial charge in [0.05, 0.1) is 6.10 Å². The number of rotatable bonds is 3. The van der Waals surface area contributed by atoms with Crippen LogP contribution in [-0.2, 0) is 0 Å². The minimum Gasteiger partial charge on any atom is -0.486 e. The molecule has 4 rings (SSSR count). The number of fused-ring (bicyclic) bond motifs is 1. The first kappa shape index (κ1) is 15.1. The van der Waals surface area contributed by atoms with Crippen LogP contribution in [-0.4, -0.2) is 35.0 Å². The lowest BCUT2D eigenvalue weighted by Gasteiger charge is -2.20. The zero-order valence-electron chi connectivity index (χ0n) is 13.3. The van der Waals surface area contributed by atoms with Crippen LogP contribution in [0.25, 0.3) is 0 Å². The molecule has 0 spiro atoms. The van der Waals surface area contributed by atoms with E-state index in [1.165, 1.54) is 6.20 Å². The second-order valence-corrected chi connectivity index (χ2v) is 6.60. The predicted molar refractivity (Wildman–Crippen MR) is 87.2 cm³/mol. The van der Waals surface area contributed by atoms with Crippen LogP contribution in [0.1, 0.15) is 23.2 Å². The molecule has 1 aliphatic carbocycles. The minimum absolute atomic E-state index is 0.00711. The van der Waals surface area contributed by atoms with Gasteiger partial charge in [0.1, 0.15) is 0 Å². The van der Waals surface area contributed by atoms with Crippen LogP contribution < -0.4 is 4.74 Å². The van der Waals surface area contributed by atoms with Gasteiger partial charge in [-0.25, -0.2) is 4.98 Å². The Labute approximate surface area is 140 Å². The molecule has 24 heavy (non-hydrogen) atoms. The monoisotopic (exact) mass is 326 g/mol. The van der Waals surface area contributed by atoms with Crippen LogP contribution in [0.5, 0.6) is 5.75 Å². The third-order valence-electron chi connectivity index (χ3n) is 5.03. The smallest absolute Gasteiger partial charge is 0.255 e. The van der Waals surface area contributed by atoms with Crippen LogP contribution >= 0.6 is 0 Å². The maximum atomic E-state index is 13.6. The lowest BCUT2D eigenvalue weighted by atomic mass is 10.0. The fourth-order valence-electron chi connectivity index (χ4n) is 3.91. The van der Waals surface area contributed by atoms with E-state index in [-0.39, 0.29) is 17.8 Å². The van der Waals surface area contributed by atoms with Gasteiger partial charge in [0.2, 0.25) is 0 Å². The van der Waals surface area contributed by atoms with Crippen molar-refractivity contribution in [2.24, 2.45) is 11.8 Å². The zero-order chi connectivity index (χ0) is 16.5. The van der Waals surface area contributed by atoms with Crippen LogP contribution in [0.4, 0.5) is 4.39 Å². The summed E-state index contributed by atoms with van der Waals surface area (Å²) in [5, 5.41) is 0. The Morgan fingerprint density at radius 1 is 1.08 bits per heavy atom. The summed E-state index contributed by atoms with van der Waals surface area (Å²) < 4.78 is 19.4. The van der Waals surface area contributed by atoms with E-state index in [1.54, 1.807) is 12.1 Å². The number of halogens is 1. The topological polar surface area (TPSA) is 42.4 Å². The van der Waals surface area contributed by atoms with Crippen LogP contribution in [0.15, 0.2) is 48.7 Å². The zero-order valence-corrected chi connectivity index (χ0v) is 13.3. The summed E-state index contributed by atoms with van der Waals surface area (Å²) in [6.45, 7) is 1.52. The Kier molecular flexibility index (Phi) is 3.92. The van der Waals surface area contributed by atoms with Crippen molar-refractivity contribution in [3.05, 3.63) is 60.2 Å². The SMILES string of the molecule is O=C(c1ccccc1)N1C[C@H]2CC(Oc3cccnc3F)C[C@H]2C1.